The predicted molar refractivity (Wildman–Crippen MR) is 153 cm³/mol. The van der Waals surface area contributed by atoms with Crippen molar-refractivity contribution in [2.75, 3.05) is 7.11 Å². The van der Waals surface area contributed by atoms with Gasteiger partial charge in [-0.2, -0.15) is 13.2 Å². The molecule has 1 aromatic carbocycles. The fraction of sp³-hybridized carbons (Fsp3) is 0.290. The monoisotopic (exact) mass is 588 g/mol. The van der Waals surface area contributed by atoms with Crippen molar-refractivity contribution >= 4 is 11.0 Å². The first-order valence-corrected chi connectivity index (χ1v) is 13.7. The minimum atomic E-state index is -4.60. The lowest BCUT2D eigenvalue weighted by atomic mass is 10.1. The number of nitrogens with zero attached hydrogens (tertiary/aromatic N) is 6. The molecule has 0 atom stereocenters. The number of benzene rings is 1. The van der Waals surface area contributed by atoms with E-state index < -0.39 is 11.9 Å². The molecule has 1 fully saturated rings. The number of methoxy groups -OCH3 is 1. The number of ether oxygens (including phenoxy) is 2. The number of rotatable bonds is 8. The number of aromatic nitrogens is 6. The minimum absolute atomic E-state index is 0.0836. The van der Waals surface area contributed by atoms with Crippen molar-refractivity contribution < 1.29 is 22.6 Å². The second-order valence-electron chi connectivity index (χ2n) is 10.6. The third kappa shape index (κ3) is 5.77. The highest BCUT2D eigenvalue weighted by Gasteiger charge is 2.34. The van der Waals surface area contributed by atoms with E-state index in [1.807, 2.05) is 0 Å². The predicted octanol–water partition coefficient (Wildman–Crippen LogP) is 6.05. The Kier molecular flexibility index (Phi) is 7.28. The maximum absolute atomic E-state index is 13.4. The van der Waals surface area contributed by atoms with Gasteiger partial charge in [0, 0.05) is 29.1 Å². The maximum Gasteiger partial charge on any atom is 0.433 e. The van der Waals surface area contributed by atoms with Crippen molar-refractivity contribution in [1.82, 2.24) is 29.5 Å². The first-order valence-electron chi connectivity index (χ1n) is 13.7. The van der Waals surface area contributed by atoms with Gasteiger partial charge in [0.25, 0.3) is 5.56 Å². The molecule has 220 valence electrons. The zero-order valence-electron chi connectivity index (χ0n) is 23.6. The summed E-state index contributed by atoms with van der Waals surface area (Å²) in [5, 5.41) is 0.660. The maximum atomic E-state index is 13.4. The van der Waals surface area contributed by atoms with Crippen LogP contribution in [0.3, 0.4) is 0 Å². The van der Waals surface area contributed by atoms with Gasteiger partial charge in [-0.25, -0.2) is 24.9 Å². The molecular weight excluding hydrogens is 561 g/mol. The highest BCUT2D eigenvalue weighted by molar-refractivity contribution is 5.78. The van der Waals surface area contributed by atoms with Gasteiger partial charge in [-0.05, 0) is 50.5 Å². The Labute approximate surface area is 244 Å². The van der Waals surface area contributed by atoms with E-state index in [1.165, 1.54) is 30.1 Å². The Balaban J connectivity index is 1.38. The lowest BCUT2D eigenvalue weighted by Gasteiger charge is -2.16. The van der Waals surface area contributed by atoms with Crippen molar-refractivity contribution in [2.45, 2.75) is 51.4 Å². The molecule has 0 amide bonds. The molecule has 9 nitrogen and oxygen atoms in total. The van der Waals surface area contributed by atoms with Crippen LogP contribution >= 0.6 is 0 Å². The third-order valence-electron chi connectivity index (χ3n) is 7.03. The van der Waals surface area contributed by atoms with Gasteiger partial charge >= 0.3 is 6.18 Å². The molecule has 4 heterocycles. The molecule has 0 unspecified atom stereocenters. The number of hydrogen-bond donors (Lipinski definition) is 0. The van der Waals surface area contributed by atoms with Crippen LogP contribution in [0, 0.1) is 0 Å². The molecule has 1 aliphatic carbocycles. The van der Waals surface area contributed by atoms with Crippen molar-refractivity contribution in [2.24, 2.45) is 0 Å². The lowest BCUT2D eigenvalue weighted by molar-refractivity contribution is -0.141. The van der Waals surface area contributed by atoms with Crippen LogP contribution in [-0.4, -0.2) is 42.7 Å². The number of alkyl halides is 3. The van der Waals surface area contributed by atoms with Crippen LogP contribution in [0.1, 0.15) is 49.6 Å². The summed E-state index contributed by atoms with van der Waals surface area (Å²) in [6, 6.07) is 12.1. The van der Waals surface area contributed by atoms with E-state index in [9.17, 15) is 18.0 Å². The molecule has 12 heteroatoms. The normalized spacial score (nSPS) is 13.5. The van der Waals surface area contributed by atoms with Gasteiger partial charge < -0.3 is 9.47 Å². The minimum Gasteiger partial charge on any atom is -0.489 e. The summed E-state index contributed by atoms with van der Waals surface area (Å²) in [5.41, 5.74) is 1.82. The van der Waals surface area contributed by atoms with Gasteiger partial charge in [0.15, 0.2) is 5.82 Å². The first kappa shape index (κ1) is 28.3. The van der Waals surface area contributed by atoms with Crippen molar-refractivity contribution in [3.8, 4) is 34.3 Å². The smallest absolute Gasteiger partial charge is 0.433 e. The van der Waals surface area contributed by atoms with Crippen molar-refractivity contribution in [3.05, 3.63) is 88.4 Å². The number of halogens is 3. The Bertz CT molecular complexity index is 1870. The van der Waals surface area contributed by atoms with Crippen LogP contribution in [0.5, 0.6) is 11.6 Å². The Morgan fingerprint density at radius 2 is 1.74 bits per heavy atom. The zero-order valence-corrected chi connectivity index (χ0v) is 23.6. The van der Waals surface area contributed by atoms with Gasteiger partial charge in [-0.3, -0.25) is 9.36 Å². The molecule has 0 aliphatic heterocycles. The second kappa shape index (κ2) is 11.1. The van der Waals surface area contributed by atoms with Crippen LogP contribution < -0.4 is 15.0 Å². The van der Waals surface area contributed by atoms with E-state index in [4.69, 9.17) is 14.5 Å². The quantitative estimate of drug-likeness (QED) is 0.216. The second-order valence-corrected chi connectivity index (χ2v) is 10.6. The summed E-state index contributed by atoms with van der Waals surface area (Å²) < 4.78 is 53.1. The molecule has 1 aliphatic rings. The average Bonchev–Trinajstić information content (AvgIpc) is 3.83. The summed E-state index contributed by atoms with van der Waals surface area (Å²) in [4.78, 5) is 35.0. The Hall–Kier alpha value is -4.87. The van der Waals surface area contributed by atoms with E-state index in [2.05, 4.69) is 19.9 Å². The summed E-state index contributed by atoms with van der Waals surface area (Å²) in [6.07, 6.45) is 0.255. The summed E-state index contributed by atoms with van der Waals surface area (Å²) in [5.74, 6) is 1.24. The van der Waals surface area contributed by atoms with Crippen molar-refractivity contribution in [1.29, 1.82) is 0 Å². The average molecular weight is 589 g/mol. The van der Waals surface area contributed by atoms with Crippen LogP contribution in [-0.2, 0) is 12.7 Å². The number of hydrogen-bond acceptors (Lipinski definition) is 8. The van der Waals surface area contributed by atoms with E-state index in [0.717, 1.165) is 30.2 Å². The van der Waals surface area contributed by atoms with E-state index in [1.54, 1.807) is 50.4 Å². The van der Waals surface area contributed by atoms with Crippen LogP contribution in [0.25, 0.3) is 33.7 Å². The molecule has 1 saturated carbocycles. The summed E-state index contributed by atoms with van der Waals surface area (Å²) >= 11 is 0. The highest BCUT2D eigenvalue weighted by atomic mass is 19.4. The molecule has 5 aromatic rings. The molecule has 4 aromatic heterocycles. The number of fused-ring (bicyclic) bond motifs is 1. The van der Waals surface area contributed by atoms with Gasteiger partial charge in [-0.1, -0.05) is 24.3 Å². The van der Waals surface area contributed by atoms with Gasteiger partial charge in [-0.15, -0.1) is 0 Å². The highest BCUT2D eigenvalue weighted by Crippen LogP contribution is 2.45. The molecule has 0 N–H and O–H groups in total. The molecule has 0 spiro atoms. The van der Waals surface area contributed by atoms with Crippen LogP contribution in [0.4, 0.5) is 13.2 Å². The molecule has 0 bridgehead atoms. The third-order valence-corrected chi connectivity index (χ3v) is 7.03. The molecule has 0 radical (unpaired) electrons. The van der Waals surface area contributed by atoms with Gasteiger partial charge in [0.2, 0.25) is 5.88 Å². The molecular formula is C31H27F3N6O3. The van der Waals surface area contributed by atoms with Crippen LogP contribution in [0.2, 0.25) is 0 Å². The Morgan fingerprint density at radius 1 is 0.977 bits per heavy atom. The van der Waals surface area contributed by atoms with Gasteiger partial charge in [0.1, 0.15) is 34.7 Å². The summed E-state index contributed by atoms with van der Waals surface area (Å²) in [6.45, 7) is 3.74. The largest absolute Gasteiger partial charge is 0.489 e. The van der Waals surface area contributed by atoms with E-state index in [0.29, 0.717) is 33.9 Å². The van der Waals surface area contributed by atoms with Crippen LogP contribution in [0.15, 0.2) is 65.8 Å². The molecule has 6 rings (SSSR count). The SMILES string of the molecule is COc1ncnc(C2CC2)c1-c1ncc2ccc(=O)n(Cc3ccc(-c4nc(C(F)(F)F)ccc4OC(C)C)cc3)c2n1. The fourth-order valence-electron chi connectivity index (χ4n) is 4.87. The van der Waals surface area contributed by atoms with E-state index in [-0.39, 0.29) is 35.6 Å². The fourth-order valence-corrected chi connectivity index (χ4v) is 4.87. The summed E-state index contributed by atoms with van der Waals surface area (Å²) in [7, 11) is 1.52. The zero-order chi connectivity index (χ0) is 30.3. The first-order chi connectivity index (χ1) is 20.6. The lowest BCUT2D eigenvalue weighted by Crippen LogP contribution is -2.21. The van der Waals surface area contributed by atoms with Gasteiger partial charge in [0.05, 0.1) is 25.5 Å². The van der Waals surface area contributed by atoms with Crippen molar-refractivity contribution in [3.63, 3.8) is 0 Å². The topological polar surface area (TPSA) is 105 Å². The Morgan fingerprint density at radius 3 is 2.42 bits per heavy atom. The standard InChI is InChI=1S/C31H27F3N6O3/c1-17(2)43-22-11-12-23(31(32,33)34)38-26(22)19-6-4-18(5-7-19)15-40-24(41)13-10-21-14-35-28(39-29(21)40)25-27(20-8-9-20)36-16-37-30(25)42-3/h4-7,10-14,16-17,20H,8-9,15H2,1-3H3. The number of pyridine rings is 2. The van der Waals surface area contributed by atoms with E-state index >= 15 is 0 Å². The molecule has 43 heavy (non-hydrogen) atoms. The molecule has 0 saturated heterocycles.